The summed E-state index contributed by atoms with van der Waals surface area (Å²) < 4.78 is 40.7. The zero-order valence-electron chi connectivity index (χ0n) is 11.7. The summed E-state index contributed by atoms with van der Waals surface area (Å²) in [6, 6.07) is 2.48. The Morgan fingerprint density at radius 2 is 2.00 bits per heavy atom. The van der Waals surface area contributed by atoms with Crippen LogP contribution in [0.4, 0.5) is 10.1 Å². The summed E-state index contributed by atoms with van der Waals surface area (Å²) in [7, 11) is -3.87. The Balaban J connectivity index is 1.95. The van der Waals surface area contributed by atoms with Crippen molar-refractivity contribution < 1.29 is 12.8 Å². The number of rotatable bonds is 6. The van der Waals surface area contributed by atoms with E-state index >= 15 is 0 Å². The monoisotopic (exact) mass is 378 g/mol. The molecule has 0 aromatic heterocycles. The van der Waals surface area contributed by atoms with Crippen molar-refractivity contribution in [2.45, 2.75) is 43.4 Å². The summed E-state index contributed by atoms with van der Waals surface area (Å²) in [5, 5.41) is 0. The van der Waals surface area contributed by atoms with E-state index in [0.29, 0.717) is 12.5 Å². The molecule has 0 amide bonds. The van der Waals surface area contributed by atoms with E-state index in [9.17, 15) is 12.8 Å². The maximum absolute atomic E-state index is 13.9. The lowest BCUT2D eigenvalue weighted by atomic mass is 10.0. The van der Waals surface area contributed by atoms with Gasteiger partial charge in [0.05, 0.1) is 4.47 Å². The molecule has 21 heavy (non-hydrogen) atoms. The summed E-state index contributed by atoms with van der Waals surface area (Å²) in [6.45, 7) is 0.324. The largest absolute Gasteiger partial charge is 0.399 e. The Morgan fingerprint density at radius 3 is 2.67 bits per heavy atom. The van der Waals surface area contributed by atoms with Gasteiger partial charge in [-0.3, -0.25) is 0 Å². The number of hydrogen-bond donors (Lipinski definition) is 2. The van der Waals surface area contributed by atoms with Gasteiger partial charge in [0.2, 0.25) is 10.0 Å². The Kier molecular flexibility index (Phi) is 5.62. The first-order valence-electron chi connectivity index (χ1n) is 7.14. The van der Waals surface area contributed by atoms with Crippen LogP contribution < -0.4 is 10.5 Å². The van der Waals surface area contributed by atoms with E-state index in [1.54, 1.807) is 0 Å². The van der Waals surface area contributed by atoms with Gasteiger partial charge in [0.25, 0.3) is 0 Å². The summed E-state index contributed by atoms with van der Waals surface area (Å²) in [6.07, 6.45) is 6.82. The molecule has 1 aliphatic carbocycles. The number of anilines is 1. The molecule has 4 nitrogen and oxygen atoms in total. The average molecular weight is 379 g/mol. The second-order valence-corrected chi connectivity index (χ2v) is 8.10. The van der Waals surface area contributed by atoms with Crippen LogP contribution in [0.1, 0.15) is 38.5 Å². The van der Waals surface area contributed by atoms with Crippen LogP contribution in [0.5, 0.6) is 0 Å². The molecule has 0 unspecified atom stereocenters. The molecule has 3 N–H and O–H groups in total. The molecule has 118 valence electrons. The SMILES string of the molecule is Nc1cc(Br)c(F)c(S(=O)(=O)NCCCC2CCCC2)c1. The molecule has 7 heteroatoms. The van der Waals surface area contributed by atoms with Crippen molar-refractivity contribution in [2.75, 3.05) is 12.3 Å². The number of benzene rings is 1. The van der Waals surface area contributed by atoms with E-state index < -0.39 is 20.7 Å². The van der Waals surface area contributed by atoms with E-state index in [2.05, 4.69) is 20.7 Å². The summed E-state index contributed by atoms with van der Waals surface area (Å²) >= 11 is 2.97. The molecule has 1 aromatic carbocycles. The normalized spacial score (nSPS) is 16.5. The minimum atomic E-state index is -3.87. The van der Waals surface area contributed by atoms with Gasteiger partial charge in [0.1, 0.15) is 4.90 Å². The fourth-order valence-corrected chi connectivity index (χ4v) is 4.57. The van der Waals surface area contributed by atoms with E-state index in [0.717, 1.165) is 18.9 Å². The Bertz CT molecular complexity index is 601. The molecule has 2 rings (SSSR count). The first kappa shape index (κ1) is 16.7. The highest BCUT2D eigenvalue weighted by atomic mass is 79.9. The summed E-state index contributed by atoms with van der Waals surface area (Å²) in [4.78, 5) is -0.407. The number of nitrogens with one attached hydrogen (secondary N) is 1. The van der Waals surface area contributed by atoms with Gasteiger partial charge in [-0.15, -0.1) is 0 Å². The fourth-order valence-electron chi connectivity index (χ4n) is 2.75. The van der Waals surface area contributed by atoms with Crippen LogP contribution in [-0.4, -0.2) is 15.0 Å². The highest BCUT2D eigenvalue weighted by Gasteiger charge is 2.21. The molecule has 0 radical (unpaired) electrons. The van der Waals surface area contributed by atoms with Gasteiger partial charge in [-0.1, -0.05) is 25.7 Å². The number of sulfonamides is 1. The summed E-state index contributed by atoms with van der Waals surface area (Å²) in [5.74, 6) is -0.0970. The molecule has 0 bridgehead atoms. The lowest BCUT2D eigenvalue weighted by molar-refractivity contribution is 0.480. The maximum Gasteiger partial charge on any atom is 0.243 e. The van der Waals surface area contributed by atoms with E-state index in [-0.39, 0.29) is 10.2 Å². The van der Waals surface area contributed by atoms with Gasteiger partial charge < -0.3 is 5.73 Å². The summed E-state index contributed by atoms with van der Waals surface area (Å²) in [5.41, 5.74) is 5.78. The van der Waals surface area contributed by atoms with Crippen molar-refractivity contribution in [3.05, 3.63) is 22.4 Å². The van der Waals surface area contributed by atoms with Gasteiger partial charge in [0.15, 0.2) is 5.82 Å². The van der Waals surface area contributed by atoms with Gasteiger partial charge in [-0.2, -0.15) is 0 Å². The predicted molar refractivity (Wildman–Crippen MR) is 84.9 cm³/mol. The van der Waals surface area contributed by atoms with Gasteiger partial charge in [-0.05, 0) is 46.8 Å². The highest BCUT2D eigenvalue weighted by Crippen LogP contribution is 2.29. The van der Waals surface area contributed by atoms with Crippen LogP contribution in [0, 0.1) is 11.7 Å². The quantitative estimate of drug-likeness (QED) is 0.588. The lowest BCUT2D eigenvalue weighted by Crippen LogP contribution is -2.26. The molecular weight excluding hydrogens is 359 g/mol. The van der Waals surface area contributed by atoms with Crippen molar-refractivity contribution in [3.8, 4) is 0 Å². The Morgan fingerprint density at radius 1 is 1.33 bits per heavy atom. The molecule has 0 spiro atoms. The van der Waals surface area contributed by atoms with E-state index in [1.807, 2.05) is 0 Å². The van der Waals surface area contributed by atoms with Crippen LogP contribution in [0.2, 0.25) is 0 Å². The third-order valence-corrected chi connectivity index (χ3v) is 5.90. The van der Waals surface area contributed by atoms with Gasteiger partial charge >= 0.3 is 0 Å². The fraction of sp³-hybridized carbons (Fsp3) is 0.571. The number of nitrogen functional groups attached to an aromatic ring is 1. The van der Waals surface area contributed by atoms with E-state index in [4.69, 9.17) is 5.73 Å². The first-order chi connectivity index (χ1) is 9.90. The maximum atomic E-state index is 13.9. The first-order valence-corrected chi connectivity index (χ1v) is 9.42. The van der Waals surface area contributed by atoms with Crippen LogP contribution in [-0.2, 0) is 10.0 Å². The van der Waals surface area contributed by atoms with Crippen molar-refractivity contribution in [1.29, 1.82) is 0 Å². The standard InChI is InChI=1S/C14H20BrFN2O2S/c15-12-8-11(17)9-13(14(12)16)21(19,20)18-7-3-6-10-4-1-2-5-10/h8-10,18H,1-7,17H2. The van der Waals surface area contributed by atoms with Crippen molar-refractivity contribution in [2.24, 2.45) is 5.92 Å². The molecule has 0 saturated heterocycles. The second kappa shape index (κ2) is 7.07. The third-order valence-electron chi connectivity index (χ3n) is 3.86. The minimum absolute atomic E-state index is 0.0498. The van der Waals surface area contributed by atoms with Crippen molar-refractivity contribution in [1.82, 2.24) is 4.72 Å². The lowest BCUT2D eigenvalue weighted by Gasteiger charge is -2.11. The van der Waals surface area contributed by atoms with Crippen LogP contribution in [0.25, 0.3) is 0 Å². The number of halogens is 2. The molecule has 0 heterocycles. The van der Waals surface area contributed by atoms with Crippen LogP contribution in [0.15, 0.2) is 21.5 Å². The Hall–Kier alpha value is -0.660. The van der Waals surface area contributed by atoms with E-state index in [1.165, 1.54) is 31.7 Å². The smallest absolute Gasteiger partial charge is 0.243 e. The molecular formula is C14H20BrFN2O2S. The second-order valence-electron chi connectivity index (χ2n) is 5.51. The number of nitrogens with two attached hydrogens (primary N) is 1. The molecule has 0 atom stereocenters. The zero-order chi connectivity index (χ0) is 15.5. The topological polar surface area (TPSA) is 72.2 Å². The van der Waals surface area contributed by atoms with Crippen molar-refractivity contribution in [3.63, 3.8) is 0 Å². The number of hydrogen-bond acceptors (Lipinski definition) is 3. The van der Waals surface area contributed by atoms with Crippen LogP contribution in [0.3, 0.4) is 0 Å². The Labute approximate surface area is 133 Å². The third kappa shape index (κ3) is 4.40. The molecule has 1 saturated carbocycles. The van der Waals surface area contributed by atoms with Gasteiger partial charge in [0, 0.05) is 12.2 Å². The van der Waals surface area contributed by atoms with Crippen molar-refractivity contribution >= 4 is 31.6 Å². The average Bonchev–Trinajstić information content (AvgIpc) is 2.92. The minimum Gasteiger partial charge on any atom is -0.399 e. The highest BCUT2D eigenvalue weighted by molar-refractivity contribution is 9.10. The van der Waals surface area contributed by atoms with Gasteiger partial charge in [-0.25, -0.2) is 17.5 Å². The molecule has 1 aromatic rings. The molecule has 1 fully saturated rings. The predicted octanol–water partition coefficient (Wildman–Crippen LogP) is 3.42. The van der Waals surface area contributed by atoms with Crippen LogP contribution >= 0.6 is 15.9 Å². The molecule has 0 aliphatic heterocycles. The molecule has 1 aliphatic rings. The zero-order valence-corrected chi connectivity index (χ0v) is 14.1.